The smallest absolute Gasteiger partial charge is 0.0746 e. The Morgan fingerprint density at radius 2 is 1.90 bits per heavy atom. The van der Waals surface area contributed by atoms with Crippen molar-refractivity contribution in [3.8, 4) is 0 Å². The third kappa shape index (κ3) is 1.49. The highest BCUT2D eigenvalue weighted by Gasteiger charge is 2.03. The molecule has 1 rings (SSSR count). The zero-order chi connectivity index (χ0) is 7.72. The molecule has 0 saturated heterocycles. The van der Waals surface area contributed by atoms with Gasteiger partial charge in [0.05, 0.1) is 13.6 Å². The first-order valence-corrected chi connectivity index (χ1v) is 4.35. The molecule has 0 aliphatic carbocycles. The maximum atomic E-state index is 5.76. The van der Waals surface area contributed by atoms with Gasteiger partial charge in [-0.15, -0.1) is 0 Å². The van der Waals surface area contributed by atoms with Gasteiger partial charge >= 0.3 is 0 Å². The van der Waals surface area contributed by atoms with Crippen LogP contribution in [0.2, 0.25) is 10.0 Å². The summed E-state index contributed by atoms with van der Waals surface area (Å²) in [4.78, 5) is 0. The van der Waals surface area contributed by atoms with Crippen LogP contribution in [0.1, 0.15) is 0 Å². The number of nitrogens with two attached hydrogens (primary N) is 1. The number of anilines is 1. The molecule has 4 heteroatoms. The van der Waals surface area contributed by atoms with Gasteiger partial charge in [-0.3, -0.25) is 0 Å². The van der Waals surface area contributed by atoms with Gasteiger partial charge in [-0.05, 0) is 34.7 Å². The minimum atomic E-state index is 0.530. The monoisotopic (exact) mass is 287 g/mol. The average Bonchev–Trinajstić information content (AvgIpc) is 1.93. The zero-order valence-electron chi connectivity index (χ0n) is 4.87. The van der Waals surface area contributed by atoms with E-state index < -0.39 is 0 Å². The maximum absolute atomic E-state index is 5.76. The number of rotatable bonds is 0. The summed E-state index contributed by atoms with van der Waals surface area (Å²) in [5, 5.41) is 1.07. The van der Waals surface area contributed by atoms with Crippen molar-refractivity contribution in [2.24, 2.45) is 0 Å². The number of halogens is 3. The highest BCUT2D eigenvalue weighted by atomic mass is 127. The van der Waals surface area contributed by atoms with Crippen LogP contribution in [0.3, 0.4) is 0 Å². The molecule has 0 spiro atoms. The summed E-state index contributed by atoms with van der Waals surface area (Å²) in [6, 6.07) is 3.41. The standard InChI is InChI=1S/C6H4Cl2IN/c7-3-1-2-4(10)6(9)5(3)8/h1-2H,10H2. The highest BCUT2D eigenvalue weighted by molar-refractivity contribution is 14.1. The predicted octanol–water partition coefficient (Wildman–Crippen LogP) is 3.18. The molecular formula is C6H4Cl2IN. The summed E-state index contributed by atoms with van der Waals surface area (Å²) in [7, 11) is 0. The van der Waals surface area contributed by atoms with Gasteiger partial charge in [-0.2, -0.15) is 0 Å². The Hall–Kier alpha value is 0.330. The summed E-state index contributed by atoms with van der Waals surface area (Å²) >= 11 is 13.5. The minimum absolute atomic E-state index is 0.530. The van der Waals surface area contributed by atoms with Gasteiger partial charge < -0.3 is 5.73 Å². The topological polar surface area (TPSA) is 26.0 Å². The van der Waals surface area contributed by atoms with Gasteiger partial charge in [-0.1, -0.05) is 23.2 Å². The molecule has 0 aliphatic heterocycles. The molecule has 0 aromatic heterocycles. The molecule has 1 aromatic rings. The number of nitrogen functional groups attached to an aromatic ring is 1. The summed E-state index contributed by atoms with van der Waals surface area (Å²) in [5.74, 6) is 0. The Morgan fingerprint density at radius 1 is 1.30 bits per heavy atom. The highest BCUT2D eigenvalue weighted by Crippen LogP contribution is 2.30. The van der Waals surface area contributed by atoms with Crippen LogP contribution in [0.4, 0.5) is 5.69 Å². The van der Waals surface area contributed by atoms with Crippen molar-refractivity contribution < 1.29 is 0 Å². The van der Waals surface area contributed by atoms with E-state index in [1.165, 1.54) is 0 Å². The largest absolute Gasteiger partial charge is 0.398 e. The Morgan fingerprint density at radius 3 is 2.40 bits per heavy atom. The Kier molecular flexibility index (Phi) is 2.66. The first kappa shape index (κ1) is 8.43. The van der Waals surface area contributed by atoms with E-state index in [1.54, 1.807) is 12.1 Å². The number of hydrogen-bond acceptors (Lipinski definition) is 1. The average molecular weight is 288 g/mol. The molecule has 54 valence electrons. The maximum Gasteiger partial charge on any atom is 0.0746 e. The van der Waals surface area contributed by atoms with Crippen LogP contribution in [0.15, 0.2) is 12.1 Å². The summed E-state index contributed by atoms with van der Waals surface area (Å²) in [6.45, 7) is 0. The van der Waals surface area contributed by atoms with Crippen LogP contribution in [0.5, 0.6) is 0 Å². The van der Waals surface area contributed by atoms with Crippen molar-refractivity contribution in [1.29, 1.82) is 0 Å². The van der Waals surface area contributed by atoms with Crippen LogP contribution in [-0.2, 0) is 0 Å². The predicted molar refractivity (Wildman–Crippen MR) is 53.6 cm³/mol. The van der Waals surface area contributed by atoms with Crippen LogP contribution >= 0.6 is 45.8 Å². The van der Waals surface area contributed by atoms with Crippen molar-refractivity contribution in [2.75, 3.05) is 5.73 Å². The van der Waals surface area contributed by atoms with E-state index in [1.807, 2.05) is 0 Å². The third-order valence-electron chi connectivity index (χ3n) is 1.07. The van der Waals surface area contributed by atoms with E-state index in [4.69, 9.17) is 28.9 Å². The number of benzene rings is 1. The molecule has 2 N–H and O–H groups in total. The molecule has 0 heterocycles. The second-order valence-corrected chi connectivity index (χ2v) is 3.63. The summed E-state index contributed by atoms with van der Waals surface area (Å²) in [5.41, 5.74) is 6.20. The SMILES string of the molecule is Nc1ccc(Cl)c(Cl)c1I. The van der Waals surface area contributed by atoms with Gasteiger partial charge in [0, 0.05) is 5.69 Å². The number of hydrogen-bond donors (Lipinski definition) is 1. The lowest BCUT2D eigenvalue weighted by Gasteiger charge is -2.00. The molecule has 0 saturated carbocycles. The lowest BCUT2D eigenvalue weighted by molar-refractivity contribution is 1.62. The van der Waals surface area contributed by atoms with Gasteiger partial charge in [0.25, 0.3) is 0 Å². The van der Waals surface area contributed by atoms with Crippen LogP contribution < -0.4 is 5.73 Å². The molecule has 1 aromatic carbocycles. The fourth-order valence-corrected chi connectivity index (χ4v) is 1.50. The quantitative estimate of drug-likeness (QED) is 0.443. The molecule has 0 aliphatic rings. The molecule has 0 atom stereocenters. The summed E-state index contributed by atoms with van der Waals surface area (Å²) < 4.78 is 0.812. The molecule has 10 heavy (non-hydrogen) atoms. The Balaban J connectivity index is 3.34. The van der Waals surface area contributed by atoms with E-state index in [-0.39, 0.29) is 0 Å². The van der Waals surface area contributed by atoms with Gasteiger partial charge in [-0.25, -0.2) is 0 Å². The molecule has 0 bridgehead atoms. The van der Waals surface area contributed by atoms with Gasteiger partial charge in [0.2, 0.25) is 0 Å². The first-order chi connectivity index (χ1) is 4.63. The second-order valence-electron chi connectivity index (χ2n) is 1.76. The zero-order valence-corrected chi connectivity index (χ0v) is 8.54. The first-order valence-electron chi connectivity index (χ1n) is 2.52. The van der Waals surface area contributed by atoms with Crippen molar-refractivity contribution in [3.63, 3.8) is 0 Å². The lowest BCUT2D eigenvalue weighted by atomic mass is 10.3. The van der Waals surface area contributed by atoms with Crippen molar-refractivity contribution >= 4 is 51.5 Å². The Labute approximate surface area is 82.6 Å². The van der Waals surface area contributed by atoms with Crippen molar-refractivity contribution in [1.82, 2.24) is 0 Å². The van der Waals surface area contributed by atoms with Crippen molar-refractivity contribution in [3.05, 3.63) is 25.7 Å². The molecule has 1 nitrogen and oxygen atoms in total. The summed E-state index contributed by atoms with van der Waals surface area (Å²) in [6.07, 6.45) is 0. The molecule has 0 fully saturated rings. The Bertz CT molecular complexity index is 235. The van der Waals surface area contributed by atoms with Crippen molar-refractivity contribution in [2.45, 2.75) is 0 Å². The van der Waals surface area contributed by atoms with E-state index in [0.29, 0.717) is 15.7 Å². The van der Waals surface area contributed by atoms with Crippen LogP contribution in [0, 0.1) is 3.57 Å². The molecular weight excluding hydrogens is 284 g/mol. The van der Waals surface area contributed by atoms with Crippen LogP contribution in [0.25, 0.3) is 0 Å². The van der Waals surface area contributed by atoms with E-state index in [0.717, 1.165) is 3.57 Å². The second kappa shape index (κ2) is 3.15. The normalized spacial score (nSPS) is 9.90. The third-order valence-corrected chi connectivity index (χ3v) is 3.35. The van der Waals surface area contributed by atoms with E-state index in [2.05, 4.69) is 22.6 Å². The fourth-order valence-electron chi connectivity index (χ4n) is 0.541. The van der Waals surface area contributed by atoms with Gasteiger partial charge in [0.1, 0.15) is 0 Å². The molecule has 0 amide bonds. The lowest BCUT2D eigenvalue weighted by Crippen LogP contribution is -1.89. The molecule has 0 unspecified atom stereocenters. The minimum Gasteiger partial charge on any atom is -0.398 e. The van der Waals surface area contributed by atoms with E-state index >= 15 is 0 Å². The van der Waals surface area contributed by atoms with Gasteiger partial charge in [0.15, 0.2) is 0 Å². The fraction of sp³-hybridized carbons (Fsp3) is 0. The van der Waals surface area contributed by atoms with Crippen LogP contribution in [-0.4, -0.2) is 0 Å². The van der Waals surface area contributed by atoms with E-state index in [9.17, 15) is 0 Å². The molecule has 0 radical (unpaired) electrons.